The minimum atomic E-state index is 0.418. The fraction of sp³-hybridized carbons (Fsp3) is 0.375. The van der Waals surface area contributed by atoms with E-state index in [2.05, 4.69) is 65.3 Å². The molecule has 0 radical (unpaired) electrons. The molecule has 0 amide bonds. The summed E-state index contributed by atoms with van der Waals surface area (Å²) in [6, 6.07) is 11.3. The van der Waals surface area contributed by atoms with Crippen LogP contribution in [0, 0.1) is 0 Å². The lowest BCUT2D eigenvalue weighted by Crippen LogP contribution is -2.22. The molecule has 0 spiro atoms. The van der Waals surface area contributed by atoms with Crippen molar-refractivity contribution in [2.45, 2.75) is 25.9 Å². The Bertz CT molecular complexity index is 489. The van der Waals surface area contributed by atoms with Crippen molar-refractivity contribution in [3.05, 3.63) is 52.2 Å². The second-order valence-corrected chi connectivity index (χ2v) is 5.58. The highest BCUT2D eigenvalue weighted by Crippen LogP contribution is 2.28. The molecule has 2 nitrogen and oxygen atoms in total. The highest BCUT2D eigenvalue weighted by molar-refractivity contribution is 7.07. The van der Waals surface area contributed by atoms with Crippen LogP contribution in [0.5, 0.6) is 0 Å². The lowest BCUT2D eigenvalue weighted by molar-refractivity contribution is 0.576. The van der Waals surface area contributed by atoms with E-state index >= 15 is 0 Å². The summed E-state index contributed by atoms with van der Waals surface area (Å²) < 4.78 is 0. The standard InChI is InChI=1S/C16H22N2S/c1-4-15(17-2)14-7-5-6-8-16(14)18(3)11-13-9-10-19-12-13/h5-10,12,15,17H,4,11H2,1-3H3. The second-order valence-electron chi connectivity index (χ2n) is 4.80. The highest BCUT2D eigenvalue weighted by Gasteiger charge is 2.14. The van der Waals surface area contributed by atoms with E-state index < -0.39 is 0 Å². The van der Waals surface area contributed by atoms with Gasteiger partial charge in [0.2, 0.25) is 0 Å². The van der Waals surface area contributed by atoms with Gasteiger partial charge in [-0.1, -0.05) is 25.1 Å². The monoisotopic (exact) mass is 274 g/mol. The largest absolute Gasteiger partial charge is 0.370 e. The van der Waals surface area contributed by atoms with E-state index in [-0.39, 0.29) is 0 Å². The topological polar surface area (TPSA) is 15.3 Å². The van der Waals surface area contributed by atoms with Crippen LogP contribution in [0.2, 0.25) is 0 Å². The summed E-state index contributed by atoms with van der Waals surface area (Å²) in [6.07, 6.45) is 1.10. The molecule has 0 aliphatic heterocycles. The van der Waals surface area contributed by atoms with Crippen LogP contribution in [0.4, 0.5) is 5.69 Å². The van der Waals surface area contributed by atoms with Gasteiger partial charge in [-0.05, 0) is 47.5 Å². The van der Waals surface area contributed by atoms with Gasteiger partial charge in [0.15, 0.2) is 0 Å². The molecule has 19 heavy (non-hydrogen) atoms. The van der Waals surface area contributed by atoms with Crippen molar-refractivity contribution < 1.29 is 0 Å². The first-order chi connectivity index (χ1) is 9.26. The van der Waals surface area contributed by atoms with E-state index in [1.165, 1.54) is 16.8 Å². The van der Waals surface area contributed by atoms with Crippen LogP contribution in [0.3, 0.4) is 0 Å². The van der Waals surface area contributed by atoms with Gasteiger partial charge in [0.1, 0.15) is 0 Å². The third-order valence-electron chi connectivity index (χ3n) is 3.48. The highest BCUT2D eigenvalue weighted by atomic mass is 32.1. The van der Waals surface area contributed by atoms with Crippen molar-refractivity contribution in [2.24, 2.45) is 0 Å². The Kier molecular flexibility index (Phi) is 5.00. The molecule has 1 aromatic heterocycles. The van der Waals surface area contributed by atoms with Gasteiger partial charge in [0, 0.05) is 25.3 Å². The van der Waals surface area contributed by atoms with E-state index in [1.807, 2.05) is 7.05 Å². The minimum absolute atomic E-state index is 0.418. The van der Waals surface area contributed by atoms with Crippen molar-refractivity contribution in [3.63, 3.8) is 0 Å². The Morgan fingerprint density at radius 1 is 1.26 bits per heavy atom. The maximum atomic E-state index is 3.40. The molecule has 1 aromatic carbocycles. The summed E-state index contributed by atoms with van der Waals surface area (Å²) in [4.78, 5) is 2.33. The summed E-state index contributed by atoms with van der Waals surface area (Å²) in [5, 5.41) is 7.75. The fourth-order valence-electron chi connectivity index (χ4n) is 2.45. The van der Waals surface area contributed by atoms with Gasteiger partial charge in [-0.15, -0.1) is 0 Å². The van der Waals surface area contributed by atoms with Gasteiger partial charge >= 0.3 is 0 Å². The molecule has 0 fully saturated rings. The molecule has 102 valence electrons. The first kappa shape index (κ1) is 14.1. The van der Waals surface area contributed by atoms with Gasteiger partial charge in [0.05, 0.1) is 0 Å². The SMILES string of the molecule is CCC(NC)c1ccccc1N(C)Cc1ccsc1. The molecule has 0 bridgehead atoms. The van der Waals surface area contributed by atoms with Gasteiger partial charge in [0.25, 0.3) is 0 Å². The third-order valence-corrected chi connectivity index (χ3v) is 4.21. The van der Waals surface area contributed by atoms with E-state index in [1.54, 1.807) is 11.3 Å². The Morgan fingerprint density at radius 2 is 2.05 bits per heavy atom. The Labute approximate surface area is 120 Å². The van der Waals surface area contributed by atoms with Crippen molar-refractivity contribution >= 4 is 17.0 Å². The van der Waals surface area contributed by atoms with Gasteiger partial charge in [-0.25, -0.2) is 0 Å². The number of thiophene rings is 1. The lowest BCUT2D eigenvalue weighted by atomic mass is 10.0. The van der Waals surface area contributed by atoms with Crippen LogP contribution in [0.1, 0.15) is 30.5 Å². The van der Waals surface area contributed by atoms with Crippen LogP contribution in [-0.2, 0) is 6.54 Å². The number of hydrogen-bond acceptors (Lipinski definition) is 3. The number of hydrogen-bond donors (Lipinski definition) is 1. The van der Waals surface area contributed by atoms with Crippen LogP contribution in [0.15, 0.2) is 41.1 Å². The van der Waals surface area contributed by atoms with Crippen LogP contribution in [-0.4, -0.2) is 14.1 Å². The van der Waals surface area contributed by atoms with Gasteiger partial charge < -0.3 is 10.2 Å². The molecule has 1 unspecified atom stereocenters. The quantitative estimate of drug-likeness (QED) is 0.854. The van der Waals surface area contributed by atoms with Crippen molar-refractivity contribution in [1.82, 2.24) is 5.32 Å². The number of para-hydroxylation sites is 1. The first-order valence-corrected chi connectivity index (χ1v) is 7.69. The van der Waals surface area contributed by atoms with Crippen LogP contribution in [0.25, 0.3) is 0 Å². The fourth-order valence-corrected chi connectivity index (χ4v) is 3.11. The molecule has 1 atom stereocenters. The van der Waals surface area contributed by atoms with E-state index in [0.717, 1.165) is 13.0 Å². The molecule has 0 saturated carbocycles. The average Bonchev–Trinajstić information content (AvgIpc) is 2.93. The molecule has 1 heterocycles. The number of nitrogens with one attached hydrogen (secondary N) is 1. The lowest BCUT2D eigenvalue weighted by Gasteiger charge is -2.26. The number of benzene rings is 1. The summed E-state index contributed by atoms with van der Waals surface area (Å²) in [5.74, 6) is 0. The van der Waals surface area contributed by atoms with Crippen molar-refractivity contribution in [3.8, 4) is 0 Å². The molecule has 2 rings (SSSR count). The summed E-state index contributed by atoms with van der Waals surface area (Å²) in [6.45, 7) is 3.18. The minimum Gasteiger partial charge on any atom is -0.370 e. The zero-order valence-electron chi connectivity index (χ0n) is 11.9. The molecule has 2 aromatic rings. The molecule has 0 aliphatic rings. The van der Waals surface area contributed by atoms with Gasteiger partial charge in [-0.3, -0.25) is 0 Å². The second kappa shape index (κ2) is 6.73. The zero-order chi connectivity index (χ0) is 13.7. The molecular weight excluding hydrogens is 252 g/mol. The Morgan fingerprint density at radius 3 is 2.68 bits per heavy atom. The molecular formula is C16H22N2S. The predicted molar refractivity (Wildman–Crippen MR) is 85.0 cm³/mol. The van der Waals surface area contributed by atoms with E-state index in [0.29, 0.717) is 6.04 Å². The van der Waals surface area contributed by atoms with Crippen LogP contribution < -0.4 is 10.2 Å². The summed E-state index contributed by atoms with van der Waals surface area (Å²) in [5.41, 5.74) is 4.07. The maximum absolute atomic E-state index is 3.40. The Hall–Kier alpha value is -1.32. The van der Waals surface area contributed by atoms with E-state index in [4.69, 9.17) is 0 Å². The summed E-state index contributed by atoms with van der Waals surface area (Å²) >= 11 is 1.76. The normalized spacial score (nSPS) is 12.4. The number of anilines is 1. The summed E-state index contributed by atoms with van der Waals surface area (Å²) in [7, 11) is 4.20. The molecule has 3 heteroatoms. The van der Waals surface area contributed by atoms with Gasteiger partial charge in [-0.2, -0.15) is 11.3 Å². The van der Waals surface area contributed by atoms with Crippen LogP contribution >= 0.6 is 11.3 Å². The molecule has 1 N–H and O–H groups in total. The average molecular weight is 274 g/mol. The maximum Gasteiger partial charge on any atom is 0.0434 e. The number of nitrogens with zero attached hydrogens (tertiary/aromatic N) is 1. The molecule has 0 aliphatic carbocycles. The Balaban J connectivity index is 2.23. The third kappa shape index (κ3) is 3.37. The predicted octanol–water partition coefficient (Wildman–Crippen LogP) is 4.06. The molecule has 0 saturated heterocycles. The smallest absolute Gasteiger partial charge is 0.0434 e. The van der Waals surface area contributed by atoms with E-state index in [9.17, 15) is 0 Å². The van der Waals surface area contributed by atoms with Crippen molar-refractivity contribution in [2.75, 3.05) is 19.0 Å². The first-order valence-electron chi connectivity index (χ1n) is 6.74. The van der Waals surface area contributed by atoms with Crippen molar-refractivity contribution in [1.29, 1.82) is 0 Å². The zero-order valence-corrected chi connectivity index (χ0v) is 12.7. The number of rotatable bonds is 6.